The summed E-state index contributed by atoms with van der Waals surface area (Å²) in [5.74, 6) is 0.802. The SMILES string of the molecule is Cc1nc2sc3c(c2c(=O)n1C)CCCC3. The molecule has 0 fully saturated rings. The van der Waals surface area contributed by atoms with Crippen molar-refractivity contribution in [3.63, 3.8) is 0 Å². The Morgan fingerprint density at radius 3 is 2.88 bits per heavy atom. The molecule has 1 aliphatic carbocycles. The van der Waals surface area contributed by atoms with Gasteiger partial charge in [0.15, 0.2) is 0 Å². The summed E-state index contributed by atoms with van der Waals surface area (Å²) in [6.07, 6.45) is 4.63. The van der Waals surface area contributed by atoms with Gasteiger partial charge in [0.1, 0.15) is 10.7 Å². The molecule has 0 N–H and O–H groups in total. The van der Waals surface area contributed by atoms with Crippen LogP contribution in [0.15, 0.2) is 4.79 Å². The fourth-order valence-corrected chi connectivity index (χ4v) is 3.68. The summed E-state index contributed by atoms with van der Waals surface area (Å²) in [6, 6.07) is 0. The van der Waals surface area contributed by atoms with E-state index in [9.17, 15) is 4.79 Å². The maximum absolute atomic E-state index is 12.2. The van der Waals surface area contributed by atoms with Crippen molar-refractivity contribution in [2.45, 2.75) is 32.6 Å². The van der Waals surface area contributed by atoms with E-state index >= 15 is 0 Å². The molecule has 0 amide bonds. The van der Waals surface area contributed by atoms with Crippen molar-refractivity contribution >= 4 is 21.6 Å². The van der Waals surface area contributed by atoms with E-state index in [1.807, 2.05) is 6.92 Å². The van der Waals surface area contributed by atoms with Crippen molar-refractivity contribution in [1.82, 2.24) is 9.55 Å². The Morgan fingerprint density at radius 2 is 2.06 bits per heavy atom. The maximum Gasteiger partial charge on any atom is 0.262 e. The third-order valence-corrected chi connectivity index (χ3v) is 4.61. The number of hydrogen-bond donors (Lipinski definition) is 0. The average molecular weight is 234 g/mol. The van der Waals surface area contributed by atoms with Crippen LogP contribution in [0, 0.1) is 6.92 Å². The minimum Gasteiger partial charge on any atom is -0.299 e. The van der Waals surface area contributed by atoms with Crippen molar-refractivity contribution in [2.24, 2.45) is 7.05 Å². The van der Waals surface area contributed by atoms with Gasteiger partial charge in [0, 0.05) is 11.9 Å². The molecule has 0 aliphatic heterocycles. The minimum absolute atomic E-state index is 0.127. The number of rotatable bonds is 0. The van der Waals surface area contributed by atoms with Gasteiger partial charge in [-0.1, -0.05) is 0 Å². The Labute approximate surface area is 97.7 Å². The molecule has 3 rings (SSSR count). The van der Waals surface area contributed by atoms with E-state index in [2.05, 4.69) is 4.98 Å². The predicted octanol–water partition coefficient (Wildman–Crippen LogP) is 2.18. The van der Waals surface area contributed by atoms with Crippen LogP contribution in [0.1, 0.15) is 29.1 Å². The van der Waals surface area contributed by atoms with Crippen LogP contribution in [-0.2, 0) is 19.9 Å². The van der Waals surface area contributed by atoms with Gasteiger partial charge in [-0.2, -0.15) is 0 Å². The lowest BCUT2D eigenvalue weighted by Gasteiger charge is -2.10. The molecule has 4 heteroatoms. The summed E-state index contributed by atoms with van der Waals surface area (Å²) in [5, 5.41) is 0.882. The fraction of sp³-hybridized carbons (Fsp3) is 0.500. The van der Waals surface area contributed by atoms with E-state index in [0.717, 1.165) is 28.9 Å². The first-order valence-electron chi connectivity index (χ1n) is 5.66. The molecule has 0 bridgehead atoms. The van der Waals surface area contributed by atoms with Crippen molar-refractivity contribution in [2.75, 3.05) is 0 Å². The lowest BCUT2D eigenvalue weighted by molar-refractivity contribution is 0.698. The second-order valence-corrected chi connectivity index (χ2v) is 5.50. The quantitative estimate of drug-likeness (QED) is 0.700. The number of thiophene rings is 1. The fourth-order valence-electron chi connectivity index (χ4n) is 2.39. The maximum atomic E-state index is 12.2. The molecule has 0 spiro atoms. The molecule has 0 saturated carbocycles. The van der Waals surface area contributed by atoms with Crippen LogP contribution in [0.5, 0.6) is 0 Å². The molecule has 0 unspecified atom stereocenters. The highest BCUT2D eigenvalue weighted by molar-refractivity contribution is 7.18. The van der Waals surface area contributed by atoms with E-state index < -0.39 is 0 Å². The molecule has 1 aliphatic rings. The van der Waals surface area contributed by atoms with Gasteiger partial charge in [0.2, 0.25) is 0 Å². The Bertz CT molecular complexity index is 624. The predicted molar refractivity (Wildman–Crippen MR) is 66.2 cm³/mol. The molecule has 0 aromatic carbocycles. The van der Waals surface area contributed by atoms with Gasteiger partial charge in [0.25, 0.3) is 5.56 Å². The molecule has 0 saturated heterocycles. The van der Waals surface area contributed by atoms with E-state index in [1.165, 1.54) is 23.3 Å². The molecular formula is C12H14N2OS. The highest BCUT2D eigenvalue weighted by Crippen LogP contribution is 2.33. The molecule has 0 atom stereocenters. The number of hydrogen-bond acceptors (Lipinski definition) is 3. The van der Waals surface area contributed by atoms with Crippen LogP contribution < -0.4 is 5.56 Å². The van der Waals surface area contributed by atoms with E-state index in [-0.39, 0.29) is 5.56 Å². The molecule has 2 heterocycles. The Kier molecular flexibility index (Phi) is 2.14. The molecule has 2 aromatic heterocycles. The smallest absolute Gasteiger partial charge is 0.262 e. The zero-order valence-corrected chi connectivity index (χ0v) is 10.4. The highest BCUT2D eigenvalue weighted by atomic mass is 32.1. The summed E-state index contributed by atoms with van der Waals surface area (Å²) in [6.45, 7) is 1.89. The van der Waals surface area contributed by atoms with Gasteiger partial charge in [-0.15, -0.1) is 11.3 Å². The first-order chi connectivity index (χ1) is 7.68. The third-order valence-electron chi connectivity index (χ3n) is 3.42. The second-order valence-electron chi connectivity index (χ2n) is 4.41. The van der Waals surface area contributed by atoms with Crippen LogP contribution in [0.2, 0.25) is 0 Å². The van der Waals surface area contributed by atoms with Crippen molar-refractivity contribution in [3.05, 3.63) is 26.6 Å². The number of aryl methyl sites for hydroxylation is 3. The average Bonchev–Trinajstić information content (AvgIpc) is 2.64. The van der Waals surface area contributed by atoms with Gasteiger partial charge in [0.05, 0.1) is 5.39 Å². The number of nitrogens with zero attached hydrogens (tertiary/aromatic N) is 2. The van der Waals surface area contributed by atoms with E-state index in [1.54, 1.807) is 23.0 Å². The molecular weight excluding hydrogens is 220 g/mol. The van der Waals surface area contributed by atoms with Gasteiger partial charge in [-0.05, 0) is 38.2 Å². The highest BCUT2D eigenvalue weighted by Gasteiger charge is 2.20. The normalized spacial score (nSPS) is 15.4. The molecule has 3 nitrogen and oxygen atoms in total. The van der Waals surface area contributed by atoms with Crippen molar-refractivity contribution < 1.29 is 0 Å². The largest absolute Gasteiger partial charge is 0.299 e. The Morgan fingerprint density at radius 1 is 1.31 bits per heavy atom. The summed E-state index contributed by atoms with van der Waals surface area (Å²) >= 11 is 1.71. The lowest BCUT2D eigenvalue weighted by atomic mass is 9.97. The van der Waals surface area contributed by atoms with Crippen LogP contribution in [0.25, 0.3) is 10.2 Å². The topological polar surface area (TPSA) is 34.9 Å². The van der Waals surface area contributed by atoms with Crippen molar-refractivity contribution in [3.8, 4) is 0 Å². The van der Waals surface area contributed by atoms with Gasteiger partial charge in [-0.25, -0.2) is 4.98 Å². The summed E-state index contributed by atoms with van der Waals surface area (Å²) in [5.41, 5.74) is 1.40. The van der Waals surface area contributed by atoms with Crippen LogP contribution >= 0.6 is 11.3 Å². The molecule has 16 heavy (non-hydrogen) atoms. The Balaban J connectivity index is 2.45. The lowest BCUT2D eigenvalue weighted by Crippen LogP contribution is -2.20. The first-order valence-corrected chi connectivity index (χ1v) is 6.48. The molecule has 84 valence electrons. The molecule has 0 radical (unpaired) electrons. The van der Waals surface area contributed by atoms with Gasteiger partial charge >= 0.3 is 0 Å². The second kappa shape index (κ2) is 3.42. The third kappa shape index (κ3) is 1.26. The summed E-state index contributed by atoms with van der Waals surface area (Å²) in [7, 11) is 1.80. The van der Waals surface area contributed by atoms with E-state index in [4.69, 9.17) is 0 Å². The summed E-state index contributed by atoms with van der Waals surface area (Å²) in [4.78, 5) is 19.1. The van der Waals surface area contributed by atoms with Gasteiger partial charge < -0.3 is 0 Å². The summed E-state index contributed by atoms with van der Waals surface area (Å²) < 4.78 is 1.66. The van der Waals surface area contributed by atoms with Crippen LogP contribution in [0.3, 0.4) is 0 Å². The zero-order chi connectivity index (χ0) is 11.3. The minimum atomic E-state index is 0.127. The van der Waals surface area contributed by atoms with Gasteiger partial charge in [-0.3, -0.25) is 9.36 Å². The van der Waals surface area contributed by atoms with Crippen molar-refractivity contribution in [1.29, 1.82) is 0 Å². The standard InChI is InChI=1S/C12H14N2OS/c1-7-13-11-10(12(15)14(7)2)8-5-3-4-6-9(8)16-11/h3-6H2,1-2H3. The zero-order valence-electron chi connectivity index (χ0n) is 9.54. The molecule has 2 aromatic rings. The van der Waals surface area contributed by atoms with E-state index in [0.29, 0.717) is 0 Å². The monoisotopic (exact) mass is 234 g/mol. The van der Waals surface area contributed by atoms with Crippen LogP contribution in [-0.4, -0.2) is 9.55 Å². The number of aromatic nitrogens is 2. The Hall–Kier alpha value is -1.16. The first kappa shape index (κ1) is 10.0. The number of fused-ring (bicyclic) bond motifs is 3. The van der Waals surface area contributed by atoms with Crippen LogP contribution in [0.4, 0.5) is 0 Å².